The first kappa shape index (κ1) is 20.9. The number of benzene rings is 2. The van der Waals surface area contributed by atoms with E-state index in [-0.39, 0.29) is 5.92 Å². The van der Waals surface area contributed by atoms with Gasteiger partial charge in [0.15, 0.2) is 0 Å². The Morgan fingerprint density at radius 3 is 2.67 bits per heavy atom. The third kappa shape index (κ3) is 3.75. The van der Waals surface area contributed by atoms with Crippen LogP contribution in [0.1, 0.15) is 59.9 Å². The first-order valence-corrected chi connectivity index (χ1v) is 12.8. The fourth-order valence-electron chi connectivity index (χ4n) is 5.85. The highest BCUT2D eigenvalue weighted by Crippen LogP contribution is 2.44. The van der Waals surface area contributed by atoms with E-state index in [1.807, 2.05) is 23.5 Å². The predicted molar refractivity (Wildman–Crippen MR) is 127 cm³/mol. The number of carbonyl (C=O) groups is 2. The van der Waals surface area contributed by atoms with E-state index in [0.29, 0.717) is 12.3 Å². The Kier molecular flexibility index (Phi) is 5.23. The number of aryl methyl sites for hydroxylation is 1. The topological polar surface area (TPSA) is 55.8 Å². The number of ether oxygens (including phenoxy) is 2. The zero-order chi connectivity index (χ0) is 22.4. The molecule has 0 radical (unpaired) electrons. The molecule has 2 fully saturated rings. The van der Waals surface area contributed by atoms with Gasteiger partial charge in [-0.15, -0.1) is 11.3 Å². The molecule has 33 heavy (non-hydrogen) atoms. The summed E-state index contributed by atoms with van der Waals surface area (Å²) in [5.74, 6) is -2.37. The van der Waals surface area contributed by atoms with Crippen molar-refractivity contribution >= 4 is 34.0 Å². The van der Waals surface area contributed by atoms with Gasteiger partial charge in [-0.3, -0.25) is 0 Å². The normalized spacial score (nSPS) is 24.6. The van der Waals surface area contributed by atoms with Gasteiger partial charge in [-0.2, -0.15) is 0 Å². The number of thiophene rings is 1. The van der Waals surface area contributed by atoms with Gasteiger partial charge >= 0.3 is 17.8 Å². The second kappa shape index (κ2) is 8.26. The van der Waals surface area contributed by atoms with Crippen molar-refractivity contribution in [3.8, 4) is 0 Å². The molecule has 2 aromatic carbocycles. The molecule has 0 amide bonds. The lowest BCUT2D eigenvalue weighted by atomic mass is 9.84. The van der Waals surface area contributed by atoms with E-state index in [9.17, 15) is 9.59 Å². The van der Waals surface area contributed by atoms with Crippen molar-refractivity contribution < 1.29 is 19.1 Å². The number of piperidine rings is 1. The number of fused-ring (bicyclic) bond motifs is 2. The van der Waals surface area contributed by atoms with Crippen molar-refractivity contribution in [2.45, 2.75) is 56.3 Å². The molecule has 2 atom stereocenters. The highest BCUT2D eigenvalue weighted by Gasteiger charge is 2.56. The van der Waals surface area contributed by atoms with Gasteiger partial charge in [0.25, 0.3) is 0 Å². The Morgan fingerprint density at radius 2 is 1.82 bits per heavy atom. The highest BCUT2D eigenvalue weighted by molar-refractivity contribution is 7.10. The van der Waals surface area contributed by atoms with Gasteiger partial charge in [0.05, 0.1) is 0 Å². The van der Waals surface area contributed by atoms with Crippen LogP contribution in [0.5, 0.6) is 0 Å². The van der Waals surface area contributed by atoms with E-state index >= 15 is 0 Å². The number of esters is 2. The van der Waals surface area contributed by atoms with Crippen LogP contribution in [0.3, 0.4) is 0 Å². The van der Waals surface area contributed by atoms with Gasteiger partial charge in [0, 0.05) is 24.4 Å². The van der Waals surface area contributed by atoms with E-state index in [2.05, 4.69) is 46.7 Å². The molecule has 2 unspecified atom stereocenters. The smallest absolute Gasteiger partial charge is 0.400 e. The predicted octanol–water partition coefficient (Wildman–Crippen LogP) is 5.34. The van der Waals surface area contributed by atoms with E-state index in [1.165, 1.54) is 46.0 Å². The van der Waals surface area contributed by atoms with Gasteiger partial charge in [-0.05, 0) is 77.3 Å². The minimum atomic E-state index is -1.28. The minimum absolute atomic E-state index is 0.155. The Morgan fingerprint density at radius 1 is 1.00 bits per heavy atom. The van der Waals surface area contributed by atoms with Gasteiger partial charge in [0.2, 0.25) is 0 Å². The van der Waals surface area contributed by atoms with Crippen LogP contribution in [-0.2, 0) is 25.5 Å². The van der Waals surface area contributed by atoms with Crippen LogP contribution < -0.4 is 0 Å². The summed E-state index contributed by atoms with van der Waals surface area (Å²) < 4.78 is 11.3. The molecule has 6 heteroatoms. The summed E-state index contributed by atoms with van der Waals surface area (Å²) in [4.78, 5) is 27.8. The van der Waals surface area contributed by atoms with Crippen molar-refractivity contribution in [1.82, 2.24) is 4.90 Å². The van der Waals surface area contributed by atoms with Crippen molar-refractivity contribution in [3.63, 3.8) is 0 Å². The number of likely N-dealkylation sites (tertiary alicyclic amines) is 1. The van der Waals surface area contributed by atoms with Crippen LogP contribution in [0.15, 0.2) is 53.9 Å². The Balaban J connectivity index is 1.23. The number of hydrogen-bond donors (Lipinski definition) is 0. The minimum Gasteiger partial charge on any atom is -0.400 e. The van der Waals surface area contributed by atoms with Crippen LogP contribution in [0.4, 0.5) is 0 Å². The molecule has 0 saturated carbocycles. The van der Waals surface area contributed by atoms with Crippen LogP contribution in [0.2, 0.25) is 0 Å². The SMILES string of the molecule is O=C1OC2(CC(c3ccc4ccccc4c3)CCN2CCC2CCCc3sccc32)OC1=O. The van der Waals surface area contributed by atoms with E-state index in [4.69, 9.17) is 9.47 Å². The summed E-state index contributed by atoms with van der Waals surface area (Å²) in [5, 5.41) is 4.59. The second-order valence-electron chi connectivity index (χ2n) is 9.45. The van der Waals surface area contributed by atoms with Crippen molar-refractivity contribution in [3.05, 3.63) is 69.9 Å². The zero-order valence-electron chi connectivity index (χ0n) is 18.5. The molecule has 0 bridgehead atoms. The summed E-state index contributed by atoms with van der Waals surface area (Å²) in [7, 11) is 0. The Hall–Kier alpha value is -2.70. The Labute approximate surface area is 197 Å². The lowest BCUT2D eigenvalue weighted by Gasteiger charge is -2.44. The first-order valence-electron chi connectivity index (χ1n) is 11.9. The molecular formula is C27H27NO4S. The van der Waals surface area contributed by atoms with Crippen LogP contribution in [0, 0.1) is 0 Å². The van der Waals surface area contributed by atoms with Crippen LogP contribution in [-0.4, -0.2) is 35.8 Å². The van der Waals surface area contributed by atoms with Gasteiger partial charge in [0.1, 0.15) is 0 Å². The maximum atomic E-state index is 12.1. The largest absolute Gasteiger partial charge is 0.421 e. The molecule has 3 heterocycles. The van der Waals surface area contributed by atoms with Crippen LogP contribution >= 0.6 is 11.3 Å². The first-order chi connectivity index (χ1) is 16.1. The molecular weight excluding hydrogens is 434 g/mol. The number of nitrogens with zero attached hydrogens (tertiary/aromatic N) is 1. The maximum absolute atomic E-state index is 12.1. The summed E-state index contributed by atoms with van der Waals surface area (Å²) in [5.41, 5.74) is 2.67. The van der Waals surface area contributed by atoms with Crippen molar-refractivity contribution in [2.24, 2.45) is 0 Å². The van der Waals surface area contributed by atoms with Gasteiger partial charge in [-0.1, -0.05) is 42.5 Å². The fraction of sp³-hybridized carbons (Fsp3) is 0.407. The molecule has 5 nitrogen and oxygen atoms in total. The summed E-state index contributed by atoms with van der Waals surface area (Å²) >= 11 is 1.86. The average molecular weight is 462 g/mol. The standard InChI is InChI=1S/C27H27NO4S/c29-25-26(30)32-27(31-25)17-22(21-9-8-18-4-1-2-5-20(18)16-21)11-14-28(27)13-10-19-6-3-7-24-23(19)12-15-33-24/h1-2,4-5,8-9,12,15-16,19,22H,3,6-7,10-11,13-14,17H2. The Bertz CT molecular complexity index is 1200. The molecule has 3 aliphatic rings. The van der Waals surface area contributed by atoms with Crippen molar-refractivity contribution in [1.29, 1.82) is 0 Å². The lowest BCUT2D eigenvalue weighted by molar-refractivity contribution is -0.266. The summed E-state index contributed by atoms with van der Waals surface area (Å²) in [6.45, 7) is 1.46. The van der Waals surface area contributed by atoms with Gasteiger partial charge in [-0.25, -0.2) is 14.5 Å². The average Bonchev–Trinajstić information content (AvgIpc) is 3.42. The fourth-order valence-corrected chi connectivity index (χ4v) is 6.86. The van der Waals surface area contributed by atoms with Gasteiger partial charge < -0.3 is 9.47 Å². The summed E-state index contributed by atoms with van der Waals surface area (Å²) in [6.07, 6.45) is 5.96. The third-order valence-corrected chi connectivity index (χ3v) is 8.57. The van der Waals surface area contributed by atoms with Crippen LogP contribution in [0.25, 0.3) is 10.8 Å². The highest BCUT2D eigenvalue weighted by atomic mass is 32.1. The molecule has 1 aliphatic carbocycles. The summed E-state index contributed by atoms with van der Waals surface area (Å²) in [6, 6.07) is 17.1. The van der Waals surface area contributed by atoms with E-state index in [0.717, 1.165) is 25.9 Å². The molecule has 6 rings (SSSR count). The number of hydrogen-bond acceptors (Lipinski definition) is 6. The lowest BCUT2D eigenvalue weighted by Crippen LogP contribution is -2.55. The third-order valence-electron chi connectivity index (χ3n) is 7.57. The maximum Gasteiger partial charge on any atom is 0.421 e. The molecule has 1 spiro atoms. The molecule has 2 saturated heterocycles. The van der Waals surface area contributed by atoms with E-state index < -0.39 is 17.8 Å². The number of carbonyl (C=O) groups excluding carboxylic acids is 2. The quantitative estimate of drug-likeness (QED) is 0.388. The monoisotopic (exact) mass is 461 g/mol. The molecule has 0 N–H and O–H groups in total. The number of rotatable bonds is 4. The second-order valence-corrected chi connectivity index (χ2v) is 10.5. The molecule has 3 aromatic rings. The molecule has 1 aromatic heterocycles. The van der Waals surface area contributed by atoms with Crippen molar-refractivity contribution in [2.75, 3.05) is 13.1 Å². The molecule has 2 aliphatic heterocycles. The van der Waals surface area contributed by atoms with E-state index in [1.54, 1.807) is 0 Å². The zero-order valence-corrected chi connectivity index (χ0v) is 19.3. The molecule has 170 valence electrons.